The summed E-state index contributed by atoms with van der Waals surface area (Å²) in [6.07, 6.45) is 0. The first kappa shape index (κ1) is 12.9. The highest BCUT2D eigenvalue weighted by atomic mass is 32.1. The molecule has 6 rings (SSSR count). The first-order valence-corrected chi connectivity index (χ1v) is 9.79. The van der Waals surface area contributed by atoms with Gasteiger partial charge in [0, 0.05) is 30.9 Å². The molecule has 0 radical (unpaired) electrons. The second-order valence-corrected chi connectivity index (χ2v) is 8.00. The Morgan fingerprint density at radius 1 is 0.417 bits per heavy atom. The number of hydrogen-bond acceptors (Lipinski definition) is 2. The van der Waals surface area contributed by atoms with Gasteiger partial charge in [-0.05, 0) is 44.4 Å². The van der Waals surface area contributed by atoms with Crippen molar-refractivity contribution in [1.82, 2.24) is 0 Å². The molecule has 0 amide bonds. The highest BCUT2D eigenvalue weighted by Gasteiger charge is 2.16. The average Bonchev–Trinajstić information content (AvgIpc) is 3.31. The van der Waals surface area contributed by atoms with E-state index in [-0.39, 0.29) is 0 Å². The number of benzene rings is 4. The standard InChI is InChI=1S/C22H12S2/c1-3-7-15-13(5-1)17-9-11-23-21(17)20-19(15)16-8-4-2-6-14(16)18-10-12-24-22(18)20/h1-12H. The second-order valence-electron chi connectivity index (χ2n) is 6.17. The van der Waals surface area contributed by atoms with Crippen molar-refractivity contribution < 1.29 is 0 Å². The summed E-state index contributed by atoms with van der Waals surface area (Å²) in [6, 6.07) is 22.2. The van der Waals surface area contributed by atoms with Gasteiger partial charge in [0.25, 0.3) is 0 Å². The summed E-state index contributed by atoms with van der Waals surface area (Å²) in [7, 11) is 0. The summed E-state index contributed by atoms with van der Waals surface area (Å²) in [5.74, 6) is 0. The van der Waals surface area contributed by atoms with Crippen molar-refractivity contribution in [1.29, 1.82) is 0 Å². The fraction of sp³-hybridized carbons (Fsp3) is 0. The van der Waals surface area contributed by atoms with Crippen LogP contribution in [0.2, 0.25) is 0 Å². The van der Waals surface area contributed by atoms with Gasteiger partial charge < -0.3 is 0 Å². The number of rotatable bonds is 0. The molecule has 0 spiro atoms. The van der Waals surface area contributed by atoms with Gasteiger partial charge in [-0.25, -0.2) is 0 Å². The van der Waals surface area contributed by atoms with E-state index >= 15 is 0 Å². The number of hydrogen-bond donors (Lipinski definition) is 0. The lowest BCUT2D eigenvalue weighted by atomic mass is 9.93. The van der Waals surface area contributed by atoms with Crippen LogP contribution in [0.4, 0.5) is 0 Å². The molecule has 2 heterocycles. The highest BCUT2D eigenvalue weighted by Crippen LogP contribution is 2.46. The molecule has 2 aromatic heterocycles. The van der Waals surface area contributed by atoms with Gasteiger partial charge in [0.05, 0.1) is 0 Å². The first-order valence-electron chi connectivity index (χ1n) is 8.03. The molecular weight excluding hydrogens is 328 g/mol. The molecular formula is C22H12S2. The third-order valence-electron chi connectivity index (χ3n) is 5.01. The SMILES string of the molecule is c1ccc2c(c1)c1ccsc1c1c3sccc3c3ccccc3c21. The van der Waals surface area contributed by atoms with Crippen molar-refractivity contribution >= 4 is 75.2 Å². The largest absolute Gasteiger partial charge is 0.143 e. The Bertz CT molecular complexity index is 1290. The van der Waals surface area contributed by atoms with Crippen molar-refractivity contribution in [3.05, 3.63) is 71.4 Å². The normalized spacial score (nSPS) is 12.2. The summed E-state index contributed by atoms with van der Waals surface area (Å²) in [4.78, 5) is 0. The average molecular weight is 340 g/mol. The second kappa shape index (κ2) is 4.56. The summed E-state index contributed by atoms with van der Waals surface area (Å²) >= 11 is 3.73. The van der Waals surface area contributed by atoms with Gasteiger partial charge in [0.1, 0.15) is 0 Å². The zero-order valence-corrected chi connectivity index (χ0v) is 14.4. The smallest absolute Gasteiger partial charge is 0.0442 e. The van der Waals surface area contributed by atoms with Gasteiger partial charge in [-0.2, -0.15) is 0 Å². The summed E-state index contributed by atoms with van der Waals surface area (Å²) in [5.41, 5.74) is 0. The molecule has 0 aliphatic carbocycles. The van der Waals surface area contributed by atoms with E-state index in [9.17, 15) is 0 Å². The van der Waals surface area contributed by atoms with Crippen LogP contribution in [-0.2, 0) is 0 Å². The molecule has 0 saturated carbocycles. The minimum Gasteiger partial charge on any atom is -0.143 e. The van der Waals surface area contributed by atoms with Gasteiger partial charge in [-0.3, -0.25) is 0 Å². The quantitative estimate of drug-likeness (QED) is 0.250. The van der Waals surface area contributed by atoms with Crippen molar-refractivity contribution in [3.63, 3.8) is 0 Å². The van der Waals surface area contributed by atoms with E-state index in [0.29, 0.717) is 0 Å². The summed E-state index contributed by atoms with van der Waals surface area (Å²) in [5, 5.41) is 15.5. The Kier molecular flexibility index (Phi) is 2.46. The first-order chi connectivity index (χ1) is 11.9. The summed E-state index contributed by atoms with van der Waals surface area (Å²) < 4.78 is 2.84. The maximum atomic E-state index is 2.28. The van der Waals surface area contributed by atoms with E-state index < -0.39 is 0 Å². The third kappa shape index (κ3) is 1.48. The maximum absolute atomic E-state index is 2.28. The molecule has 0 nitrogen and oxygen atoms in total. The molecule has 0 saturated heterocycles. The maximum Gasteiger partial charge on any atom is 0.0442 e. The Labute approximate surface area is 146 Å². The van der Waals surface area contributed by atoms with E-state index in [1.807, 2.05) is 22.7 Å². The number of fused-ring (bicyclic) bond motifs is 11. The molecule has 0 aliphatic rings. The third-order valence-corrected chi connectivity index (χ3v) is 6.87. The van der Waals surface area contributed by atoms with Crippen molar-refractivity contribution in [2.45, 2.75) is 0 Å². The van der Waals surface area contributed by atoms with Crippen molar-refractivity contribution in [2.24, 2.45) is 0 Å². The minimum absolute atomic E-state index is 1.36. The molecule has 0 fully saturated rings. The van der Waals surface area contributed by atoms with Crippen LogP contribution in [0, 0.1) is 0 Å². The lowest BCUT2D eigenvalue weighted by Crippen LogP contribution is -1.83. The van der Waals surface area contributed by atoms with Gasteiger partial charge in [-0.15, -0.1) is 22.7 Å². The predicted molar refractivity (Wildman–Crippen MR) is 110 cm³/mol. The molecule has 2 heteroatoms. The van der Waals surface area contributed by atoms with Crippen LogP contribution < -0.4 is 0 Å². The van der Waals surface area contributed by atoms with Crippen LogP contribution in [0.3, 0.4) is 0 Å². The van der Waals surface area contributed by atoms with E-state index in [1.165, 1.54) is 52.5 Å². The molecule has 6 aromatic rings. The van der Waals surface area contributed by atoms with Gasteiger partial charge in [-0.1, -0.05) is 48.5 Å². The minimum atomic E-state index is 1.36. The zero-order chi connectivity index (χ0) is 15.7. The molecule has 4 aromatic carbocycles. The highest BCUT2D eigenvalue weighted by molar-refractivity contribution is 7.21. The van der Waals surface area contributed by atoms with E-state index in [0.717, 1.165) is 0 Å². The van der Waals surface area contributed by atoms with Gasteiger partial charge in [0.2, 0.25) is 0 Å². The van der Waals surface area contributed by atoms with Crippen LogP contribution in [0.15, 0.2) is 71.4 Å². The molecule has 0 unspecified atom stereocenters. The van der Waals surface area contributed by atoms with E-state index in [1.54, 1.807) is 0 Å². The van der Waals surface area contributed by atoms with Crippen LogP contribution in [-0.4, -0.2) is 0 Å². The Hall–Kier alpha value is -2.42. The molecule has 0 bridgehead atoms. The Morgan fingerprint density at radius 2 is 0.875 bits per heavy atom. The van der Waals surface area contributed by atoms with Gasteiger partial charge >= 0.3 is 0 Å². The van der Waals surface area contributed by atoms with Crippen LogP contribution in [0.25, 0.3) is 52.5 Å². The van der Waals surface area contributed by atoms with Gasteiger partial charge in [0.15, 0.2) is 0 Å². The fourth-order valence-electron chi connectivity index (χ4n) is 4.05. The molecule has 112 valence electrons. The predicted octanol–water partition coefficient (Wildman–Crippen LogP) is 7.58. The van der Waals surface area contributed by atoms with Crippen molar-refractivity contribution in [2.75, 3.05) is 0 Å². The van der Waals surface area contributed by atoms with Crippen LogP contribution in [0.5, 0.6) is 0 Å². The molecule has 24 heavy (non-hydrogen) atoms. The summed E-state index contributed by atoms with van der Waals surface area (Å²) in [6.45, 7) is 0. The monoisotopic (exact) mass is 340 g/mol. The van der Waals surface area contributed by atoms with Crippen LogP contribution in [0.1, 0.15) is 0 Å². The van der Waals surface area contributed by atoms with Crippen molar-refractivity contribution in [3.8, 4) is 0 Å². The lowest BCUT2D eigenvalue weighted by Gasteiger charge is -2.12. The molecule has 0 atom stereocenters. The topological polar surface area (TPSA) is 0 Å². The zero-order valence-electron chi connectivity index (χ0n) is 12.7. The Balaban J connectivity index is 2.16. The lowest BCUT2D eigenvalue weighted by molar-refractivity contribution is 1.83. The number of thiophene rings is 2. The van der Waals surface area contributed by atoms with E-state index in [4.69, 9.17) is 0 Å². The molecule has 0 N–H and O–H groups in total. The van der Waals surface area contributed by atoms with E-state index in [2.05, 4.69) is 71.4 Å². The fourth-order valence-corrected chi connectivity index (χ4v) is 6.05. The molecule has 0 aliphatic heterocycles. The Morgan fingerprint density at radius 3 is 1.38 bits per heavy atom. The van der Waals surface area contributed by atoms with Crippen LogP contribution >= 0.6 is 22.7 Å².